The highest BCUT2D eigenvalue weighted by molar-refractivity contribution is 7.80. The molecule has 0 aliphatic heterocycles. The number of anilines is 1. The van der Waals surface area contributed by atoms with Crippen LogP contribution in [0.4, 0.5) is 5.69 Å². The maximum atomic E-state index is 12.1. The average Bonchev–Trinajstić information content (AvgIpc) is 2.83. The summed E-state index contributed by atoms with van der Waals surface area (Å²) in [5.41, 5.74) is 7.03. The number of carbonyl (C=O) groups is 4. The smallest absolute Gasteiger partial charge is 0.306 e. The van der Waals surface area contributed by atoms with Gasteiger partial charge in [-0.2, -0.15) is 0 Å². The Morgan fingerprint density at radius 2 is 1.54 bits per heavy atom. The van der Waals surface area contributed by atoms with Crippen molar-refractivity contribution in [3.8, 4) is 0 Å². The number of rotatable bonds is 10. The van der Waals surface area contributed by atoms with E-state index < -0.39 is 17.8 Å². The normalized spacial score (nSPS) is 10.1. The number of amides is 3. The molecule has 2 aromatic rings. The number of esters is 1. The predicted octanol–water partition coefficient (Wildman–Crippen LogP) is 2.96. The van der Waals surface area contributed by atoms with Crippen LogP contribution in [0.1, 0.15) is 36.8 Å². The number of thiocarbonyl (C=S) groups is 1. The van der Waals surface area contributed by atoms with Gasteiger partial charge in [-0.25, -0.2) is 0 Å². The van der Waals surface area contributed by atoms with Crippen LogP contribution in [0, 0.1) is 6.92 Å². The highest BCUT2D eigenvalue weighted by Crippen LogP contribution is 2.23. The SMILES string of the molecule is Cc1c(Cl)cccc1NC(=O)CCC(=O)NNC(=S)NC(=O)CCC(=O)OCCc1ccccc1. The number of benzene rings is 2. The van der Waals surface area contributed by atoms with Gasteiger partial charge in [0.15, 0.2) is 5.11 Å². The van der Waals surface area contributed by atoms with Crippen LogP contribution in [0.25, 0.3) is 0 Å². The first-order chi connectivity index (χ1) is 16.7. The summed E-state index contributed by atoms with van der Waals surface area (Å²) in [6, 6.07) is 14.7. The fourth-order valence-corrected chi connectivity index (χ4v) is 3.15. The Hall–Kier alpha value is -3.50. The van der Waals surface area contributed by atoms with Crippen molar-refractivity contribution in [2.24, 2.45) is 0 Å². The molecule has 11 heteroatoms. The first kappa shape index (κ1) is 27.7. The Balaban J connectivity index is 1.56. The third-order valence-electron chi connectivity index (χ3n) is 4.74. The molecule has 0 spiro atoms. The van der Waals surface area contributed by atoms with Gasteiger partial charge in [-0.1, -0.05) is 48.0 Å². The molecule has 0 atom stereocenters. The van der Waals surface area contributed by atoms with Crippen LogP contribution < -0.4 is 21.5 Å². The Bertz CT molecular complexity index is 1070. The van der Waals surface area contributed by atoms with E-state index in [1.807, 2.05) is 30.3 Å². The molecule has 0 bridgehead atoms. The molecule has 0 unspecified atom stereocenters. The van der Waals surface area contributed by atoms with Gasteiger partial charge in [0.05, 0.1) is 13.0 Å². The van der Waals surface area contributed by atoms with Crippen molar-refractivity contribution >= 4 is 58.3 Å². The summed E-state index contributed by atoms with van der Waals surface area (Å²) in [6.07, 6.45) is 0.197. The van der Waals surface area contributed by atoms with Crippen molar-refractivity contribution < 1.29 is 23.9 Å². The van der Waals surface area contributed by atoms with Gasteiger partial charge in [0.25, 0.3) is 0 Å². The van der Waals surface area contributed by atoms with Crippen LogP contribution in [0.5, 0.6) is 0 Å². The quantitative estimate of drug-likeness (QED) is 0.216. The molecule has 186 valence electrons. The minimum Gasteiger partial charge on any atom is -0.465 e. The van der Waals surface area contributed by atoms with Crippen LogP contribution in [0.2, 0.25) is 5.02 Å². The summed E-state index contributed by atoms with van der Waals surface area (Å²) >= 11 is 11.0. The molecule has 0 aromatic heterocycles. The summed E-state index contributed by atoms with van der Waals surface area (Å²) in [4.78, 5) is 47.7. The molecule has 9 nitrogen and oxygen atoms in total. The molecule has 0 fully saturated rings. The largest absolute Gasteiger partial charge is 0.465 e. The fourth-order valence-electron chi connectivity index (χ4n) is 2.81. The van der Waals surface area contributed by atoms with Crippen LogP contribution >= 0.6 is 23.8 Å². The molecule has 2 rings (SSSR count). The summed E-state index contributed by atoms with van der Waals surface area (Å²) in [5, 5.41) is 5.43. The Morgan fingerprint density at radius 1 is 0.857 bits per heavy atom. The second kappa shape index (κ2) is 14.7. The molecule has 0 saturated carbocycles. The van der Waals surface area contributed by atoms with Crippen molar-refractivity contribution in [1.29, 1.82) is 0 Å². The molecule has 0 aliphatic rings. The molecule has 0 heterocycles. The number of nitrogens with one attached hydrogen (secondary N) is 4. The van der Waals surface area contributed by atoms with Crippen LogP contribution in [-0.4, -0.2) is 35.4 Å². The monoisotopic (exact) mass is 518 g/mol. The summed E-state index contributed by atoms with van der Waals surface area (Å²) in [7, 11) is 0. The Kier molecular flexibility index (Phi) is 11.6. The van der Waals surface area contributed by atoms with E-state index in [-0.39, 0.29) is 43.3 Å². The summed E-state index contributed by atoms with van der Waals surface area (Å²) in [5.74, 6) is -1.85. The molecule has 2 aromatic carbocycles. The lowest BCUT2D eigenvalue weighted by atomic mass is 10.2. The lowest BCUT2D eigenvalue weighted by Gasteiger charge is -2.11. The van der Waals surface area contributed by atoms with E-state index in [1.165, 1.54) is 0 Å². The Labute approximate surface area is 213 Å². The number of ether oxygens (including phenoxy) is 1. The highest BCUT2D eigenvalue weighted by atomic mass is 35.5. The molecular weight excluding hydrogens is 492 g/mol. The maximum absolute atomic E-state index is 12.1. The minimum atomic E-state index is -0.506. The third-order valence-corrected chi connectivity index (χ3v) is 5.36. The first-order valence-corrected chi connectivity index (χ1v) is 11.7. The molecule has 0 aliphatic carbocycles. The van der Waals surface area contributed by atoms with Gasteiger partial charge in [0.2, 0.25) is 17.7 Å². The van der Waals surface area contributed by atoms with Crippen molar-refractivity contribution in [2.45, 2.75) is 39.0 Å². The van der Waals surface area contributed by atoms with Gasteiger partial charge in [-0.15, -0.1) is 0 Å². The van der Waals surface area contributed by atoms with E-state index in [0.717, 1.165) is 11.1 Å². The van der Waals surface area contributed by atoms with Crippen molar-refractivity contribution in [3.63, 3.8) is 0 Å². The third kappa shape index (κ3) is 11.0. The maximum Gasteiger partial charge on any atom is 0.306 e. The number of halogens is 1. The van der Waals surface area contributed by atoms with E-state index in [0.29, 0.717) is 17.1 Å². The topological polar surface area (TPSA) is 126 Å². The lowest BCUT2D eigenvalue weighted by molar-refractivity contribution is -0.144. The number of hydrogen-bond acceptors (Lipinski definition) is 6. The van der Waals surface area contributed by atoms with Crippen LogP contribution in [0.3, 0.4) is 0 Å². The van der Waals surface area contributed by atoms with Gasteiger partial charge in [0.1, 0.15) is 0 Å². The van der Waals surface area contributed by atoms with E-state index in [2.05, 4.69) is 21.5 Å². The molecular formula is C24H27ClN4O5S. The van der Waals surface area contributed by atoms with E-state index in [9.17, 15) is 19.2 Å². The van der Waals surface area contributed by atoms with Crippen LogP contribution in [-0.2, 0) is 30.3 Å². The number of hydrazine groups is 1. The molecule has 35 heavy (non-hydrogen) atoms. The summed E-state index contributed by atoms with van der Waals surface area (Å²) in [6.45, 7) is 2.01. The number of carbonyl (C=O) groups excluding carboxylic acids is 4. The highest BCUT2D eigenvalue weighted by Gasteiger charge is 2.12. The van der Waals surface area contributed by atoms with E-state index in [1.54, 1.807) is 25.1 Å². The van der Waals surface area contributed by atoms with Crippen molar-refractivity contribution in [2.75, 3.05) is 11.9 Å². The minimum absolute atomic E-state index is 0.0645. The zero-order valence-electron chi connectivity index (χ0n) is 19.2. The second-order valence-electron chi connectivity index (χ2n) is 7.47. The van der Waals surface area contributed by atoms with Gasteiger partial charge in [0, 0.05) is 36.4 Å². The van der Waals surface area contributed by atoms with Crippen LogP contribution in [0.15, 0.2) is 48.5 Å². The standard InChI is InChI=1S/C24H27ClN4O5S/c1-16-18(25)8-5-9-19(16)26-20(30)10-11-22(32)28-29-24(35)27-21(31)12-13-23(33)34-15-14-17-6-3-2-4-7-17/h2-9H,10-15H2,1H3,(H,26,30)(H,28,32)(H2,27,29,31,35). The second-order valence-corrected chi connectivity index (χ2v) is 8.28. The van der Waals surface area contributed by atoms with Gasteiger partial charge >= 0.3 is 5.97 Å². The van der Waals surface area contributed by atoms with Crippen molar-refractivity contribution in [1.82, 2.24) is 16.2 Å². The molecule has 0 saturated heterocycles. The first-order valence-electron chi connectivity index (χ1n) is 10.9. The lowest BCUT2D eigenvalue weighted by Crippen LogP contribution is -2.48. The Morgan fingerprint density at radius 3 is 2.29 bits per heavy atom. The van der Waals surface area contributed by atoms with Gasteiger partial charge in [-0.05, 0) is 42.4 Å². The molecule has 4 N–H and O–H groups in total. The number of hydrogen-bond donors (Lipinski definition) is 4. The zero-order chi connectivity index (χ0) is 25.6. The van der Waals surface area contributed by atoms with Gasteiger partial charge in [-0.3, -0.25) is 30.0 Å². The van der Waals surface area contributed by atoms with Gasteiger partial charge < -0.3 is 15.4 Å². The van der Waals surface area contributed by atoms with E-state index in [4.69, 9.17) is 28.6 Å². The van der Waals surface area contributed by atoms with Crippen molar-refractivity contribution in [3.05, 3.63) is 64.7 Å². The zero-order valence-corrected chi connectivity index (χ0v) is 20.8. The molecule has 3 amide bonds. The predicted molar refractivity (Wildman–Crippen MR) is 136 cm³/mol. The average molecular weight is 519 g/mol. The summed E-state index contributed by atoms with van der Waals surface area (Å²) < 4.78 is 5.11. The fraction of sp³-hybridized carbons (Fsp3) is 0.292. The molecule has 0 radical (unpaired) electrons. The van der Waals surface area contributed by atoms with E-state index >= 15 is 0 Å².